The minimum Gasteiger partial charge on any atom is -0.311 e. The zero-order valence-corrected chi connectivity index (χ0v) is 10.4. The molecule has 2 aromatic heterocycles. The predicted molar refractivity (Wildman–Crippen MR) is 68.1 cm³/mol. The summed E-state index contributed by atoms with van der Waals surface area (Å²) < 4.78 is 1.71. The van der Waals surface area contributed by atoms with Crippen LogP contribution in [0, 0.1) is 5.92 Å². The first kappa shape index (κ1) is 11.2. The number of rotatable bonds is 3. The Hall–Kier alpha value is -1.91. The predicted octanol–water partition coefficient (Wildman–Crippen LogP) is 1.51. The third kappa shape index (κ3) is 2.20. The maximum absolute atomic E-state index is 11.7. The van der Waals surface area contributed by atoms with Crippen LogP contribution in [0.25, 0.3) is 11.3 Å². The number of hydrogen-bond donors (Lipinski definition) is 1. The normalized spacial score (nSPS) is 15.6. The number of aryl methyl sites for hydroxylation is 1. The molecule has 5 heteroatoms. The summed E-state index contributed by atoms with van der Waals surface area (Å²) in [6, 6.07) is 1.53. The van der Waals surface area contributed by atoms with Gasteiger partial charge in [0.2, 0.25) is 0 Å². The summed E-state index contributed by atoms with van der Waals surface area (Å²) in [6.45, 7) is 0. The molecule has 1 saturated carbocycles. The molecule has 1 aliphatic rings. The molecule has 94 valence electrons. The van der Waals surface area contributed by atoms with Gasteiger partial charge in [0.15, 0.2) is 0 Å². The van der Waals surface area contributed by atoms with Gasteiger partial charge < -0.3 is 4.98 Å². The van der Waals surface area contributed by atoms with Crippen LogP contribution in [0.1, 0.15) is 25.1 Å². The van der Waals surface area contributed by atoms with Crippen LogP contribution < -0.4 is 5.56 Å². The fourth-order valence-electron chi connectivity index (χ4n) is 2.28. The smallest absolute Gasteiger partial charge is 0.251 e. The lowest BCUT2D eigenvalue weighted by Crippen LogP contribution is -2.19. The molecule has 0 aromatic carbocycles. The number of hydrogen-bond acceptors (Lipinski definition) is 3. The summed E-state index contributed by atoms with van der Waals surface area (Å²) in [6.07, 6.45) is 8.28. The maximum atomic E-state index is 11.7. The summed E-state index contributed by atoms with van der Waals surface area (Å²) in [7, 11) is 1.85. The second-order valence-electron chi connectivity index (χ2n) is 4.98. The van der Waals surface area contributed by atoms with Crippen LogP contribution in [-0.4, -0.2) is 19.7 Å². The van der Waals surface area contributed by atoms with Crippen LogP contribution in [0.4, 0.5) is 0 Å². The molecule has 18 heavy (non-hydrogen) atoms. The van der Waals surface area contributed by atoms with E-state index in [-0.39, 0.29) is 5.56 Å². The van der Waals surface area contributed by atoms with E-state index in [1.165, 1.54) is 25.3 Å². The summed E-state index contributed by atoms with van der Waals surface area (Å²) in [5, 5.41) is 4.11. The minimum absolute atomic E-state index is 0.0850. The van der Waals surface area contributed by atoms with E-state index in [0.29, 0.717) is 11.6 Å². The fraction of sp³-hybridized carbons (Fsp3) is 0.462. The average molecular weight is 244 g/mol. The highest BCUT2D eigenvalue weighted by molar-refractivity contribution is 5.56. The zero-order chi connectivity index (χ0) is 12.5. The largest absolute Gasteiger partial charge is 0.311 e. The number of nitrogens with zero attached hydrogens (tertiary/aromatic N) is 3. The molecule has 0 radical (unpaired) electrons. The third-order valence-electron chi connectivity index (χ3n) is 3.50. The van der Waals surface area contributed by atoms with Crippen molar-refractivity contribution in [2.24, 2.45) is 13.0 Å². The van der Waals surface area contributed by atoms with Crippen molar-refractivity contribution in [1.82, 2.24) is 19.7 Å². The van der Waals surface area contributed by atoms with Gasteiger partial charge in [-0.25, -0.2) is 4.98 Å². The lowest BCUT2D eigenvalue weighted by molar-refractivity contribution is 0.309. The van der Waals surface area contributed by atoms with Gasteiger partial charge >= 0.3 is 0 Å². The Labute approximate surface area is 105 Å². The number of H-pyrrole nitrogens is 1. The lowest BCUT2D eigenvalue weighted by Gasteiger charge is -2.24. The van der Waals surface area contributed by atoms with Gasteiger partial charge in [-0.3, -0.25) is 9.48 Å². The Morgan fingerprint density at radius 3 is 2.94 bits per heavy atom. The molecule has 5 nitrogen and oxygen atoms in total. The van der Waals surface area contributed by atoms with E-state index in [1.54, 1.807) is 10.9 Å². The molecule has 1 aliphatic carbocycles. The van der Waals surface area contributed by atoms with Crippen LogP contribution in [0.2, 0.25) is 0 Å². The Kier molecular flexibility index (Phi) is 2.74. The van der Waals surface area contributed by atoms with Crippen molar-refractivity contribution >= 4 is 0 Å². The molecule has 3 rings (SSSR count). The van der Waals surface area contributed by atoms with Crippen molar-refractivity contribution in [2.45, 2.75) is 25.7 Å². The summed E-state index contributed by atoms with van der Waals surface area (Å²) >= 11 is 0. The molecule has 0 amide bonds. The molecule has 0 saturated heterocycles. The SMILES string of the molecule is Cn1cc(-c2cc(=O)[nH]c(CC3CCC3)n2)cn1. The average Bonchev–Trinajstić information content (AvgIpc) is 2.70. The summed E-state index contributed by atoms with van der Waals surface area (Å²) in [5.41, 5.74) is 1.51. The van der Waals surface area contributed by atoms with Crippen molar-refractivity contribution < 1.29 is 0 Å². The highest BCUT2D eigenvalue weighted by atomic mass is 16.1. The first-order valence-electron chi connectivity index (χ1n) is 6.30. The lowest BCUT2D eigenvalue weighted by atomic mass is 9.83. The molecule has 0 unspecified atom stereocenters. The van der Waals surface area contributed by atoms with Gasteiger partial charge in [-0.2, -0.15) is 5.10 Å². The Balaban J connectivity index is 1.92. The van der Waals surface area contributed by atoms with Crippen molar-refractivity contribution in [3.63, 3.8) is 0 Å². The van der Waals surface area contributed by atoms with Gasteiger partial charge in [0.25, 0.3) is 5.56 Å². The maximum Gasteiger partial charge on any atom is 0.251 e. The Morgan fingerprint density at radius 1 is 1.50 bits per heavy atom. The number of aromatic amines is 1. The third-order valence-corrected chi connectivity index (χ3v) is 3.50. The molecule has 1 fully saturated rings. The van der Waals surface area contributed by atoms with Crippen molar-refractivity contribution in [1.29, 1.82) is 0 Å². The highest BCUT2D eigenvalue weighted by Gasteiger charge is 2.19. The van der Waals surface area contributed by atoms with Crippen molar-refractivity contribution in [2.75, 3.05) is 0 Å². The first-order chi connectivity index (χ1) is 8.70. The van der Waals surface area contributed by atoms with E-state index >= 15 is 0 Å². The second kappa shape index (κ2) is 4.40. The van der Waals surface area contributed by atoms with Crippen LogP contribution >= 0.6 is 0 Å². The van der Waals surface area contributed by atoms with Gasteiger partial charge in [-0.15, -0.1) is 0 Å². The van der Waals surface area contributed by atoms with E-state index in [2.05, 4.69) is 15.1 Å². The van der Waals surface area contributed by atoms with Gasteiger partial charge in [0.1, 0.15) is 5.82 Å². The Morgan fingerprint density at radius 2 is 2.33 bits per heavy atom. The molecule has 0 bridgehead atoms. The van der Waals surface area contributed by atoms with E-state index in [9.17, 15) is 4.79 Å². The zero-order valence-electron chi connectivity index (χ0n) is 10.4. The van der Waals surface area contributed by atoms with Crippen LogP contribution in [0.15, 0.2) is 23.3 Å². The topological polar surface area (TPSA) is 63.6 Å². The summed E-state index contributed by atoms with van der Waals surface area (Å²) in [4.78, 5) is 19.0. The van der Waals surface area contributed by atoms with Crippen molar-refractivity contribution in [3.8, 4) is 11.3 Å². The van der Waals surface area contributed by atoms with Gasteiger partial charge in [0, 0.05) is 31.3 Å². The molecule has 2 heterocycles. The van der Waals surface area contributed by atoms with E-state index < -0.39 is 0 Å². The standard InChI is InChI=1S/C13H16N4O/c1-17-8-10(7-14-17)11-6-13(18)16-12(15-11)5-9-3-2-4-9/h6-9H,2-5H2,1H3,(H,15,16,18). The summed E-state index contributed by atoms with van der Waals surface area (Å²) in [5.74, 6) is 1.49. The highest BCUT2D eigenvalue weighted by Crippen LogP contribution is 2.28. The van der Waals surface area contributed by atoms with E-state index in [0.717, 1.165) is 17.8 Å². The van der Waals surface area contributed by atoms with Gasteiger partial charge in [0.05, 0.1) is 11.9 Å². The van der Waals surface area contributed by atoms with Crippen LogP contribution in [0.5, 0.6) is 0 Å². The monoisotopic (exact) mass is 244 g/mol. The molecule has 0 spiro atoms. The molecular weight excluding hydrogens is 228 g/mol. The fourth-order valence-corrected chi connectivity index (χ4v) is 2.28. The number of aromatic nitrogens is 4. The first-order valence-corrected chi connectivity index (χ1v) is 6.30. The van der Waals surface area contributed by atoms with Crippen molar-refractivity contribution in [3.05, 3.63) is 34.6 Å². The Bertz CT molecular complexity index is 609. The van der Waals surface area contributed by atoms with Gasteiger partial charge in [-0.05, 0) is 5.92 Å². The van der Waals surface area contributed by atoms with Gasteiger partial charge in [-0.1, -0.05) is 19.3 Å². The second-order valence-corrected chi connectivity index (χ2v) is 4.98. The van der Waals surface area contributed by atoms with E-state index in [4.69, 9.17) is 0 Å². The molecule has 1 N–H and O–H groups in total. The number of nitrogens with one attached hydrogen (secondary N) is 1. The van der Waals surface area contributed by atoms with Crippen LogP contribution in [-0.2, 0) is 13.5 Å². The quantitative estimate of drug-likeness (QED) is 0.890. The minimum atomic E-state index is -0.0850. The molecule has 2 aromatic rings. The molecular formula is C13H16N4O. The van der Waals surface area contributed by atoms with Crippen LogP contribution in [0.3, 0.4) is 0 Å². The molecule has 0 aliphatic heterocycles. The van der Waals surface area contributed by atoms with E-state index in [1.807, 2.05) is 13.2 Å². The molecule has 0 atom stereocenters.